The van der Waals surface area contributed by atoms with Crippen molar-refractivity contribution in [3.8, 4) is 0 Å². The van der Waals surface area contributed by atoms with Crippen LogP contribution >= 0.6 is 69.6 Å². The largest absolute Gasteiger partial charge is 0.396 e. The second-order valence-corrected chi connectivity index (χ2v) is 16.8. The standard InChI is InChI=1S/C13H11Cl2NO2.C8H5NO2.C5H9Cl2N.C5H8Cl2O.C4H8O/c1-7-10(13(7,14)15)6-16-11(17)8-4-2-3-5-9(8)12(16)18;10-7-5-3-1-2-4-6(5)8(11)9-7;2*1-3-4(2-8)5(3,6)7;1-2-3-4-5/h2-5,7,10H,6H2,1H3;1-4H,(H,9,10,11);3-4H,2,8H2,1H3;3-4,8H,2H2,1H3;2-3,5H,4H2,1H3/b;;;;3-2-. The van der Waals surface area contributed by atoms with Gasteiger partial charge in [0.15, 0.2) is 0 Å². The van der Waals surface area contributed by atoms with Crippen LogP contribution in [-0.2, 0) is 0 Å². The number of rotatable bonds is 5. The highest BCUT2D eigenvalue weighted by atomic mass is 35.5. The van der Waals surface area contributed by atoms with Gasteiger partial charge in [-0.2, -0.15) is 0 Å². The van der Waals surface area contributed by atoms with Crippen LogP contribution in [0.5, 0.6) is 0 Å². The molecule has 2 aromatic rings. The summed E-state index contributed by atoms with van der Waals surface area (Å²) in [5.41, 5.74) is 7.20. The van der Waals surface area contributed by atoms with Crippen LogP contribution in [0.1, 0.15) is 69.1 Å². The average molecular weight is 812 g/mol. The molecule has 0 spiro atoms. The summed E-state index contributed by atoms with van der Waals surface area (Å²) in [6.45, 7) is 8.90. The van der Waals surface area contributed by atoms with Crippen molar-refractivity contribution < 1.29 is 29.4 Å². The maximum absolute atomic E-state index is 12.1. The van der Waals surface area contributed by atoms with E-state index in [4.69, 9.17) is 85.6 Å². The first-order valence-electron chi connectivity index (χ1n) is 15.9. The Bertz CT molecular complexity index is 1510. The molecule has 2 aliphatic heterocycles. The number of carbonyl (C=O) groups excluding carboxylic acids is 4. The summed E-state index contributed by atoms with van der Waals surface area (Å²) in [7, 11) is 0. The van der Waals surface area contributed by atoms with E-state index >= 15 is 0 Å². The molecule has 2 aromatic carbocycles. The van der Waals surface area contributed by atoms with Crippen LogP contribution in [0.25, 0.3) is 0 Å². The monoisotopic (exact) mass is 809 g/mol. The zero-order valence-electron chi connectivity index (χ0n) is 27.9. The van der Waals surface area contributed by atoms with Crippen molar-refractivity contribution in [2.75, 3.05) is 26.3 Å². The van der Waals surface area contributed by atoms with Crippen LogP contribution in [0.3, 0.4) is 0 Å². The summed E-state index contributed by atoms with van der Waals surface area (Å²) in [5.74, 6) is 0.0328. The molecule has 274 valence electrons. The van der Waals surface area contributed by atoms with Gasteiger partial charge in [-0.15, -0.1) is 69.6 Å². The van der Waals surface area contributed by atoms with Crippen molar-refractivity contribution in [3.63, 3.8) is 0 Å². The molecule has 5 N–H and O–H groups in total. The summed E-state index contributed by atoms with van der Waals surface area (Å²) in [4.78, 5) is 47.4. The van der Waals surface area contributed by atoms with Crippen molar-refractivity contribution >= 4 is 93.2 Å². The third-order valence-electron chi connectivity index (χ3n) is 9.48. The smallest absolute Gasteiger partial charge is 0.261 e. The van der Waals surface area contributed by atoms with Crippen molar-refractivity contribution in [3.05, 3.63) is 82.9 Å². The lowest BCUT2D eigenvalue weighted by atomic mass is 10.1. The SMILES string of the molecule is C/C=C\CO.CC1C(CN)C1(Cl)Cl.CC1C(CN2C(=O)c3ccccc3C2=O)C1(Cl)Cl.CC1C(CO)C1(Cl)Cl.O=C1NC(=O)c2ccccc21. The first kappa shape index (κ1) is 42.5. The van der Waals surface area contributed by atoms with E-state index in [0.717, 1.165) is 0 Å². The summed E-state index contributed by atoms with van der Waals surface area (Å²) in [6, 6.07) is 13.6. The molecule has 0 saturated heterocycles. The zero-order chi connectivity index (χ0) is 37.8. The highest BCUT2D eigenvalue weighted by Crippen LogP contribution is 2.60. The topological polar surface area (TPSA) is 150 Å². The Morgan fingerprint density at radius 1 is 0.700 bits per heavy atom. The lowest BCUT2D eigenvalue weighted by Crippen LogP contribution is -2.32. The number of hydrogen-bond donors (Lipinski definition) is 4. The molecule has 5 aliphatic rings. The van der Waals surface area contributed by atoms with Crippen LogP contribution in [0.2, 0.25) is 0 Å². The van der Waals surface area contributed by atoms with E-state index < -0.39 is 13.0 Å². The third-order valence-corrected chi connectivity index (χ3v) is 13.2. The Hall–Kier alpha value is -1.92. The maximum atomic E-state index is 12.1. The molecule has 3 fully saturated rings. The van der Waals surface area contributed by atoms with Crippen molar-refractivity contribution in [2.45, 2.75) is 40.7 Å². The van der Waals surface area contributed by atoms with Gasteiger partial charge in [0.2, 0.25) is 0 Å². The molecule has 4 amide bonds. The second-order valence-electron chi connectivity index (χ2n) is 12.5. The number of amides is 4. The number of allylic oxidation sites excluding steroid dienone is 1. The average Bonchev–Trinajstić information content (AvgIpc) is 3.83. The number of halogens is 6. The van der Waals surface area contributed by atoms with E-state index in [1.165, 1.54) is 4.90 Å². The Kier molecular flexibility index (Phi) is 14.7. The minimum absolute atomic E-state index is 0.0388. The van der Waals surface area contributed by atoms with Gasteiger partial charge < -0.3 is 15.9 Å². The minimum Gasteiger partial charge on any atom is -0.396 e. The number of benzene rings is 2. The van der Waals surface area contributed by atoms with Crippen LogP contribution in [0, 0.1) is 35.5 Å². The number of nitrogens with zero attached hydrogens (tertiary/aromatic N) is 1. The normalized spacial score (nSPS) is 27.9. The summed E-state index contributed by atoms with van der Waals surface area (Å²) < 4.78 is -1.95. The predicted molar refractivity (Wildman–Crippen MR) is 199 cm³/mol. The fourth-order valence-electron chi connectivity index (χ4n) is 5.43. The maximum Gasteiger partial charge on any atom is 0.261 e. The first-order valence-corrected chi connectivity index (χ1v) is 18.2. The fraction of sp³-hybridized carbons (Fsp3) is 0.486. The van der Waals surface area contributed by atoms with Gasteiger partial charge in [-0.05, 0) is 55.5 Å². The number of fused-ring (bicyclic) bond motifs is 2. The number of aliphatic hydroxyl groups is 2. The van der Waals surface area contributed by atoms with Gasteiger partial charge in [0, 0.05) is 30.9 Å². The van der Waals surface area contributed by atoms with Gasteiger partial charge in [0.05, 0.1) is 28.9 Å². The van der Waals surface area contributed by atoms with Gasteiger partial charge in [0.1, 0.15) is 13.0 Å². The molecular formula is C35H41Cl6N3O6. The molecule has 0 bridgehead atoms. The molecule has 0 radical (unpaired) electrons. The quantitative estimate of drug-likeness (QED) is 0.150. The number of hydrogen-bond acceptors (Lipinski definition) is 7. The van der Waals surface area contributed by atoms with Crippen LogP contribution in [-0.4, -0.2) is 78.0 Å². The third kappa shape index (κ3) is 9.35. The molecule has 2 heterocycles. The molecule has 6 atom stereocenters. The summed E-state index contributed by atoms with van der Waals surface area (Å²) in [5, 5.41) is 18.7. The molecule has 7 rings (SSSR count). The molecule has 15 heteroatoms. The highest BCUT2D eigenvalue weighted by Gasteiger charge is 2.62. The molecule has 50 heavy (non-hydrogen) atoms. The highest BCUT2D eigenvalue weighted by molar-refractivity contribution is 6.52. The number of aliphatic hydroxyl groups excluding tert-OH is 2. The lowest BCUT2D eigenvalue weighted by molar-refractivity contribution is 0.0644. The molecule has 3 aliphatic carbocycles. The first-order chi connectivity index (χ1) is 23.4. The van der Waals surface area contributed by atoms with E-state index in [9.17, 15) is 19.2 Å². The Labute approximate surface area is 322 Å². The number of alkyl halides is 6. The Balaban J connectivity index is 0.000000182. The Morgan fingerprint density at radius 3 is 1.28 bits per heavy atom. The van der Waals surface area contributed by atoms with Crippen LogP contribution in [0.4, 0.5) is 0 Å². The second kappa shape index (κ2) is 17.3. The van der Waals surface area contributed by atoms with Gasteiger partial charge in [0.25, 0.3) is 23.6 Å². The van der Waals surface area contributed by atoms with Gasteiger partial charge in [-0.25, -0.2) is 0 Å². The number of imide groups is 2. The van der Waals surface area contributed by atoms with E-state index in [-0.39, 0.29) is 60.5 Å². The van der Waals surface area contributed by atoms with Gasteiger partial charge >= 0.3 is 0 Å². The lowest BCUT2D eigenvalue weighted by Gasteiger charge is -2.13. The fourth-order valence-corrected chi connectivity index (χ4v) is 7.55. The van der Waals surface area contributed by atoms with Crippen molar-refractivity contribution in [2.24, 2.45) is 41.2 Å². The minimum atomic E-state index is -0.810. The molecule has 9 nitrogen and oxygen atoms in total. The van der Waals surface area contributed by atoms with E-state index in [2.05, 4.69) is 5.32 Å². The number of nitrogens with two attached hydrogens (primary N) is 1. The molecular weight excluding hydrogens is 771 g/mol. The van der Waals surface area contributed by atoms with E-state index in [0.29, 0.717) is 47.2 Å². The molecule has 6 unspecified atom stereocenters. The molecule has 0 aromatic heterocycles. The summed E-state index contributed by atoms with van der Waals surface area (Å²) >= 11 is 34.9. The number of nitrogens with one attached hydrogen (secondary N) is 1. The zero-order valence-corrected chi connectivity index (χ0v) is 32.4. The molecule has 3 saturated carbocycles. The van der Waals surface area contributed by atoms with E-state index in [1.54, 1.807) is 60.7 Å². The van der Waals surface area contributed by atoms with Crippen molar-refractivity contribution in [1.82, 2.24) is 10.2 Å². The number of carbonyl (C=O) groups is 4. The van der Waals surface area contributed by atoms with Crippen LogP contribution in [0.15, 0.2) is 60.7 Å². The van der Waals surface area contributed by atoms with Crippen LogP contribution < -0.4 is 11.1 Å². The van der Waals surface area contributed by atoms with Gasteiger partial charge in [-0.3, -0.25) is 29.4 Å². The Morgan fingerprint density at radius 2 is 1.06 bits per heavy atom. The van der Waals surface area contributed by atoms with E-state index in [1.807, 2.05) is 27.7 Å². The van der Waals surface area contributed by atoms with Gasteiger partial charge in [-0.1, -0.05) is 57.2 Å². The predicted octanol–water partition coefficient (Wildman–Crippen LogP) is 6.65. The summed E-state index contributed by atoms with van der Waals surface area (Å²) in [6.07, 6.45) is 3.49. The van der Waals surface area contributed by atoms with Crippen molar-refractivity contribution in [1.29, 1.82) is 0 Å².